The van der Waals surface area contributed by atoms with E-state index in [1.165, 1.54) is 6.20 Å². The van der Waals surface area contributed by atoms with Gasteiger partial charge in [-0.05, 0) is 25.0 Å². The molecule has 0 saturated carbocycles. The van der Waals surface area contributed by atoms with Gasteiger partial charge in [0.15, 0.2) is 11.9 Å². The number of hydrogen-bond acceptors (Lipinski definition) is 6. The van der Waals surface area contributed by atoms with Crippen molar-refractivity contribution in [2.45, 2.75) is 37.6 Å². The quantitative estimate of drug-likeness (QED) is 0.765. The average Bonchev–Trinajstić information content (AvgIpc) is 3.43. The van der Waals surface area contributed by atoms with Crippen molar-refractivity contribution in [3.63, 3.8) is 0 Å². The Morgan fingerprint density at radius 2 is 2.03 bits per heavy atom. The molecule has 5 rings (SSSR count). The lowest BCUT2D eigenvalue weighted by molar-refractivity contribution is -0.147. The molecule has 1 N–H and O–H groups in total. The zero-order valence-corrected chi connectivity index (χ0v) is 16.7. The molecule has 1 aromatic heterocycles. The molecule has 1 aromatic carbocycles. The summed E-state index contributed by atoms with van der Waals surface area (Å²) < 4.78 is 52.2. The lowest BCUT2D eigenvalue weighted by atomic mass is 10.1. The third kappa shape index (κ3) is 3.30. The van der Waals surface area contributed by atoms with Crippen molar-refractivity contribution in [1.29, 1.82) is 0 Å². The van der Waals surface area contributed by atoms with E-state index in [1.807, 2.05) is 0 Å². The van der Waals surface area contributed by atoms with Gasteiger partial charge in [0.05, 0.1) is 12.1 Å². The number of anilines is 2. The number of carbonyl (C=O) groups is 2. The monoisotopic (exact) mass is 452 g/mol. The first-order chi connectivity index (χ1) is 15.2. The Labute approximate surface area is 179 Å². The number of carboxylic acids is 1. The minimum atomic E-state index is -4.65. The summed E-state index contributed by atoms with van der Waals surface area (Å²) in [5.74, 6) is -0.232. The van der Waals surface area contributed by atoms with Crippen LogP contribution in [0.2, 0.25) is 0 Å². The fourth-order valence-electron chi connectivity index (χ4n) is 4.40. The third-order valence-electron chi connectivity index (χ3n) is 5.93. The fraction of sp³-hybridized carbons (Fsp3) is 0.450. The number of cyclic esters (lactones) is 1. The minimum absolute atomic E-state index is 0.146. The van der Waals surface area contributed by atoms with E-state index in [4.69, 9.17) is 4.74 Å². The van der Waals surface area contributed by atoms with Crippen LogP contribution in [0.5, 0.6) is 5.75 Å². The number of ether oxygens (including phenoxy) is 2. The van der Waals surface area contributed by atoms with Crippen LogP contribution >= 0.6 is 0 Å². The number of alkyl halides is 3. The van der Waals surface area contributed by atoms with E-state index in [1.54, 1.807) is 27.7 Å². The summed E-state index contributed by atoms with van der Waals surface area (Å²) in [6.45, 7) is 0.362. The second-order valence-corrected chi connectivity index (χ2v) is 7.84. The lowest BCUT2D eigenvalue weighted by Gasteiger charge is -2.24. The summed E-state index contributed by atoms with van der Waals surface area (Å²) in [6, 6.07) is 2.46. The Balaban J connectivity index is 1.51. The normalized spacial score (nSPS) is 22.8. The molecular formula is C20H19F3N4O5. The van der Waals surface area contributed by atoms with Gasteiger partial charge in [0.2, 0.25) is 0 Å². The highest BCUT2D eigenvalue weighted by atomic mass is 19.4. The van der Waals surface area contributed by atoms with Crippen LogP contribution in [-0.2, 0) is 16.1 Å². The lowest BCUT2D eigenvalue weighted by Crippen LogP contribution is -2.44. The number of amides is 1. The van der Waals surface area contributed by atoms with Gasteiger partial charge in [-0.1, -0.05) is 0 Å². The van der Waals surface area contributed by atoms with E-state index in [9.17, 15) is 27.9 Å². The molecule has 32 heavy (non-hydrogen) atoms. The Bertz CT molecular complexity index is 1090. The van der Waals surface area contributed by atoms with Gasteiger partial charge in [0, 0.05) is 24.5 Å². The van der Waals surface area contributed by atoms with Gasteiger partial charge < -0.3 is 24.0 Å². The van der Waals surface area contributed by atoms with Crippen LogP contribution in [0, 0.1) is 0 Å². The molecular weight excluding hydrogens is 433 g/mol. The number of halogens is 3. The number of aromatic nitrogens is 2. The maximum Gasteiger partial charge on any atom is 0.416 e. The summed E-state index contributed by atoms with van der Waals surface area (Å²) in [5.41, 5.74) is 1.23. The summed E-state index contributed by atoms with van der Waals surface area (Å²) in [7, 11) is 0. The highest BCUT2D eigenvalue weighted by Crippen LogP contribution is 2.39. The second kappa shape index (κ2) is 7.31. The number of rotatable bonds is 3. The summed E-state index contributed by atoms with van der Waals surface area (Å²) in [4.78, 5) is 30.2. The van der Waals surface area contributed by atoms with Crippen LogP contribution in [0.3, 0.4) is 0 Å². The molecule has 12 heteroatoms. The summed E-state index contributed by atoms with van der Waals surface area (Å²) in [6.07, 6.45) is -3.06. The molecule has 2 atom stereocenters. The number of hydrogen-bond donors (Lipinski definition) is 1. The Morgan fingerprint density at radius 3 is 2.78 bits per heavy atom. The maximum atomic E-state index is 13.4. The van der Waals surface area contributed by atoms with Gasteiger partial charge in [0.25, 0.3) is 0 Å². The van der Waals surface area contributed by atoms with Gasteiger partial charge in [-0.25, -0.2) is 19.5 Å². The molecule has 2 fully saturated rings. The Kier molecular flexibility index (Phi) is 4.68. The first-order valence-corrected chi connectivity index (χ1v) is 10.1. The first-order valence-electron chi connectivity index (χ1n) is 10.1. The average molecular weight is 452 g/mol. The van der Waals surface area contributed by atoms with Crippen LogP contribution in [0.1, 0.15) is 12.8 Å². The van der Waals surface area contributed by atoms with Crippen molar-refractivity contribution >= 4 is 23.6 Å². The van der Waals surface area contributed by atoms with Crippen LogP contribution < -0.4 is 14.5 Å². The second-order valence-electron chi connectivity index (χ2n) is 7.84. The Hall–Kier alpha value is -3.44. The largest absolute Gasteiger partial charge is 0.491 e. The molecule has 170 valence electrons. The first kappa shape index (κ1) is 20.5. The van der Waals surface area contributed by atoms with Gasteiger partial charge in [-0.15, -0.1) is 0 Å². The number of nitrogens with zero attached hydrogens (tertiary/aromatic N) is 4. The topological polar surface area (TPSA) is 97.1 Å². The minimum Gasteiger partial charge on any atom is -0.491 e. The zero-order chi connectivity index (χ0) is 22.6. The number of carboxylic acid groups (broad SMARTS) is 1. The number of aliphatic carboxylic acids is 1. The molecule has 3 aliphatic rings. The molecule has 9 nitrogen and oxygen atoms in total. The molecule has 0 bridgehead atoms. The molecule has 2 saturated heterocycles. The van der Waals surface area contributed by atoms with Crippen molar-refractivity contribution < 1.29 is 37.3 Å². The van der Waals surface area contributed by atoms with Crippen LogP contribution in [-0.4, -0.2) is 64.7 Å². The van der Waals surface area contributed by atoms with E-state index in [-0.39, 0.29) is 12.4 Å². The predicted molar refractivity (Wildman–Crippen MR) is 105 cm³/mol. The number of benzene rings is 1. The Morgan fingerprint density at radius 1 is 1.22 bits per heavy atom. The number of carbonyl (C=O) groups excluding carboxylic acids is 1. The predicted octanol–water partition coefficient (Wildman–Crippen LogP) is 2.88. The van der Waals surface area contributed by atoms with E-state index in [2.05, 4.69) is 9.72 Å². The van der Waals surface area contributed by atoms with E-state index >= 15 is 0 Å². The molecule has 1 amide bonds. The van der Waals surface area contributed by atoms with Gasteiger partial charge >= 0.3 is 18.2 Å². The molecule has 2 aromatic rings. The van der Waals surface area contributed by atoms with Gasteiger partial charge in [-0.2, -0.15) is 13.2 Å². The number of fused-ring (bicyclic) bond motifs is 3. The van der Waals surface area contributed by atoms with Gasteiger partial charge in [0.1, 0.15) is 30.8 Å². The van der Waals surface area contributed by atoms with Crippen molar-refractivity contribution in [2.24, 2.45) is 0 Å². The molecule has 3 aliphatic heterocycles. The third-order valence-corrected chi connectivity index (χ3v) is 5.93. The SMILES string of the molecule is O=C(O)[C@@H]1CCCN1c1ccc2c(c1)OCCn1cc(N3C(=O)OCC3C(F)(F)F)nc1-2. The highest BCUT2D eigenvalue weighted by Gasteiger charge is 2.52. The van der Waals surface area contributed by atoms with Gasteiger partial charge in [-0.3, -0.25) is 0 Å². The van der Waals surface area contributed by atoms with E-state index in [0.717, 1.165) is 6.42 Å². The summed E-state index contributed by atoms with van der Waals surface area (Å²) >= 11 is 0. The zero-order valence-electron chi connectivity index (χ0n) is 16.7. The van der Waals surface area contributed by atoms with Crippen LogP contribution in [0.4, 0.5) is 29.5 Å². The molecule has 4 heterocycles. The fourth-order valence-corrected chi connectivity index (χ4v) is 4.40. The van der Waals surface area contributed by atoms with Crippen molar-refractivity contribution in [1.82, 2.24) is 9.55 Å². The van der Waals surface area contributed by atoms with Crippen molar-refractivity contribution in [3.05, 3.63) is 24.4 Å². The van der Waals surface area contributed by atoms with Crippen molar-refractivity contribution in [2.75, 3.05) is 29.6 Å². The smallest absolute Gasteiger partial charge is 0.416 e. The summed E-state index contributed by atoms with van der Waals surface area (Å²) in [5, 5.41) is 9.46. The molecule has 0 aliphatic carbocycles. The van der Waals surface area contributed by atoms with E-state index < -0.39 is 36.9 Å². The van der Waals surface area contributed by atoms with Crippen LogP contribution in [0.15, 0.2) is 24.4 Å². The number of imidazole rings is 1. The highest BCUT2D eigenvalue weighted by molar-refractivity contribution is 5.90. The van der Waals surface area contributed by atoms with Crippen molar-refractivity contribution in [3.8, 4) is 17.1 Å². The van der Waals surface area contributed by atoms with E-state index in [0.29, 0.717) is 47.2 Å². The maximum absolute atomic E-state index is 13.4. The molecule has 0 spiro atoms. The standard InChI is InChI=1S/C20H19F3N4O5/c21-20(22,23)15-10-32-19(30)27(15)16-9-25-6-7-31-14-8-11(3-4-12(14)17(25)24-16)26-5-1-2-13(26)18(28)29/h3-4,8-9,13,15H,1-2,5-7,10H2,(H,28,29)/t13-,15?/m0/s1. The molecule has 0 radical (unpaired) electrons. The molecule has 1 unspecified atom stereocenters. The van der Waals surface area contributed by atoms with Crippen LogP contribution in [0.25, 0.3) is 11.4 Å².